The highest BCUT2D eigenvalue weighted by Crippen LogP contribution is 2.37. The SMILES string of the molecule is CCOC(=O)/C=C(\CC(O)(C(=O)OC)C(F)(F)F)N1CCOCC1. The largest absolute Gasteiger partial charge is 0.467 e. The van der Waals surface area contributed by atoms with Crippen molar-refractivity contribution in [2.45, 2.75) is 25.1 Å². The van der Waals surface area contributed by atoms with E-state index in [0.29, 0.717) is 0 Å². The summed E-state index contributed by atoms with van der Waals surface area (Å²) in [4.78, 5) is 24.6. The molecule has 1 fully saturated rings. The second kappa shape index (κ2) is 8.34. The average molecular weight is 355 g/mol. The van der Waals surface area contributed by atoms with Gasteiger partial charge in [0, 0.05) is 31.3 Å². The Kier molecular flexibility index (Phi) is 7.03. The first-order chi connectivity index (χ1) is 11.2. The van der Waals surface area contributed by atoms with Gasteiger partial charge >= 0.3 is 18.1 Å². The molecule has 7 nitrogen and oxygen atoms in total. The Morgan fingerprint density at radius 3 is 2.33 bits per heavy atom. The number of hydrogen-bond acceptors (Lipinski definition) is 7. The first-order valence-electron chi connectivity index (χ1n) is 7.23. The molecule has 0 aromatic carbocycles. The Labute approximate surface area is 137 Å². The van der Waals surface area contributed by atoms with Crippen LogP contribution in [0.25, 0.3) is 0 Å². The molecule has 0 radical (unpaired) electrons. The summed E-state index contributed by atoms with van der Waals surface area (Å²) in [6, 6.07) is 0. The van der Waals surface area contributed by atoms with Gasteiger partial charge in [-0.2, -0.15) is 13.2 Å². The maximum atomic E-state index is 13.2. The van der Waals surface area contributed by atoms with Gasteiger partial charge in [0.1, 0.15) is 0 Å². The fourth-order valence-electron chi connectivity index (χ4n) is 2.14. The number of ether oxygens (including phenoxy) is 3. The Morgan fingerprint density at radius 2 is 1.88 bits per heavy atom. The number of esters is 2. The number of alkyl halides is 3. The Balaban J connectivity index is 3.17. The third-order valence-corrected chi connectivity index (χ3v) is 3.42. The maximum Gasteiger partial charge on any atom is 0.428 e. The lowest BCUT2D eigenvalue weighted by Gasteiger charge is -2.35. The Morgan fingerprint density at radius 1 is 1.29 bits per heavy atom. The molecule has 1 saturated heterocycles. The van der Waals surface area contributed by atoms with Crippen LogP contribution in [0.2, 0.25) is 0 Å². The van der Waals surface area contributed by atoms with Crippen molar-refractivity contribution in [1.82, 2.24) is 4.90 Å². The molecule has 0 bridgehead atoms. The van der Waals surface area contributed by atoms with Gasteiger partial charge < -0.3 is 24.2 Å². The van der Waals surface area contributed by atoms with E-state index in [1.165, 1.54) is 4.90 Å². The summed E-state index contributed by atoms with van der Waals surface area (Å²) in [7, 11) is 0.739. The van der Waals surface area contributed by atoms with Gasteiger partial charge in [0.2, 0.25) is 0 Å². The van der Waals surface area contributed by atoms with Gasteiger partial charge in [0.05, 0.1) is 26.9 Å². The van der Waals surface area contributed by atoms with Crippen LogP contribution in [0, 0.1) is 0 Å². The highest BCUT2D eigenvalue weighted by atomic mass is 19.4. The van der Waals surface area contributed by atoms with Gasteiger partial charge in [0.15, 0.2) is 0 Å². The van der Waals surface area contributed by atoms with E-state index in [1.54, 1.807) is 6.92 Å². The summed E-state index contributed by atoms with van der Waals surface area (Å²) in [5.41, 5.74) is -3.94. The van der Waals surface area contributed by atoms with Gasteiger partial charge in [-0.25, -0.2) is 9.59 Å². The van der Waals surface area contributed by atoms with E-state index in [-0.39, 0.29) is 38.6 Å². The third-order valence-electron chi connectivity index (χ3n) is 3.42. The molecule has 10 heteroatoms. The highest BCUT2D eigenvalue weighted by molar-refractivity contribution is 5.84. The number of carbonyl (C=O) groups is 2. The fraction of sp³-hybridized carbons (Fsp3) is 0.714. The van der Waals surface area contributed by atoms with Crippen molar-refractivity contribution in [1.29, 1.82) is 0 Å². The first-order valence-corrected chi connectivity index (χ1v) is 7.23. The zero-order valence-electron chi connectivity index (χ0n) is 13.4. The molecular weight excluding hydrogens is 335 g/mol. The summed E-state index contributed by atoms with van der Waals surface area (Å²) in [6.07, 6.45) is -5.60. The van der Waals surface area contributed by atoms with Gasteiger partial charge in [-0.3, -0.25) is 0 Å². The van der Waals surface area contributed by atoms with Crippen LogP contribution in [-0.2, 0) is 23.8 Å². The predicted molar refractivity (Wildman–Crippen MR) is 74.7 cm³/mol. The zero-order chi connectivity index (χ0) is 18.4. The van der Waals surface area contributed by atoms with Gasteiger partial charge in [-0.05, 0) is 6.92 Å². The summed E-state index contributed by atoms with van der Waals surface area (Å²) in [6.45, 7) is 2.47. The second-order valence-corrected chi connectivity index (χ2v) is 5.01. The molecule has 0 aromatic heterocycles. The zero-order valence-corrected chi connectivity index (χ0v) is 13.4. The van der Waals surface area contributed by atoms with Crippen LogP contribution in [0.15, 0.2) is 11.8 Å². The van der Waals surface area contributed by atoms with E-state index in [9.17, 15) is 27.9 Å². The lowest BCUT2D eigenvalue weighted by molar-refractivity contribution is -0.262. The lowest BCUT2D eigenvalue weighted by Crippen LogP contribution is -2.54. The lowest BCUT2D eigenvalue weighted by atomic mass is 9.95. The number of morpholine rings is 1. The minimum atomic E-state index is -5.28. The van der Waals surface area contributed by atoms with Crippen LogP contribution < -0.4 is 0 Å². The first kappa shape index (κ1) is 20.2. The molecule has 24 heavy (non-hydrogen) atoms. The smallest absolute Gasteiger partial charge is 0.428 e. The van der Waals surface area contributed by atoms with Crippen LogP contribution in [-0.4, -0.2) is 73.7 Å². The van der Waals surface area contributed by atoms with Crippen molar-refractivity contribution in [2.75, 3.05) is 40.0 Å². The number of carbonyl (C=O) groups excluding carboxylic acids is 2. The molecule has 1 rings (SSSR count). The molecule has 1 atom stereocenters. The molecule has 1 unspecified atom stereocenters. The van der Waals surface area contributed by atoms with Gasteiger partial charge in [-0.1, -0.05) is 0 Å². The summed E-state index contributed by atoms with van der Waals surface area (Å²) in [5, 5.41) is 9.91. The number of methoxy groups -OCH3 is 1. The van der Waals surface area contributed by atoms with Crippen molar-refractivity contribution in [3.05, 3.63) is 11.8 Å². The van der Waals surface area contributed by atoms with Crippen LogP contribution in [0.1, 0.15) is 13.3 Å². The van der Waals surface area contributed by atoms with Crippen molar-refractivity contribution in [3.8, 4) is 0 Å². The van der Waals surface area contributed by atoms with Crippen molar-refractivity contribution in [3.63, 3.8) is 0 Å². The quantitative estimate of drug-likeness (QED) is 0.552. The normalized spacial score (nSPS) is 18.8. The summed E-state index contributed by atoms with van der Waals surface area (Å²) >= 11 is 0. The van der Waals surface area contributed by atoms with Crippen molar-refractivity contribution >= 4 is 11.9 Å². The second-order valence-electron chi connectivity index (χ2n) is 5.01. The van der Waals surface area contributed by atoms with E-state index in [2.05, 4.69) is 4.74 Å². The number of aliphatic hydroxyl groups is 1. The molecule has 0 aromatic rings. The van der Waals surface area contributed by atoms with Crippen LogP contribution >= 0.6 is 0 Å². The standard InChI is InChI=1S/C14H20F3NO6/c1-3-24-11(19)8-10(18-4-6-23-7-5-18)9-13(21,12(20)22-2)14(15,16)17/h8,21H,3-7,9H2,1-2H3/b10-8+. The maximum absolute atomic E-state index is 13.2. The number of rotatable bonds is 6. The number of hydrogen-bond donors (Lipinski definition) is 1. The molecular formula is C14H20F3NO6. The molecule has 1 N–H and O–H groups in total. The highest BCUT2D eigenvalue weighted by Gasteiger charge is 2.61. The van der Waals surface area contributed by atoms with Crippen LogP contribution in [0.3, 0.4) is 0 Å². The minimum Gasteiger partial charge on any atom is -0.467 e. The predicted octanol–water partition coefficient (Wildman–Crippen LogP) is 0.622. The van der Waals surface area contributed by atoms with E-state index in [0.717, 1.165) is 13.2 Å². The van der Waals surface area contributed by atoms with Crippen molar-refractivity contribution < 1.29 is 42.1 Å². The van der Waals surface area contributed by atoms with Gasteiger partial charge in [-0.15, -0.1) is 0 Å². The molecule has 0 aliphatic carbocycles. The number of nitrogens with zero attached hydrogens (tertiary/aromatic N) is 1. The summed E-state index contributed by atoms with van der Waals surface area (Å²) < 4.78 is 53.5. The Bertz CT molecular complexity index is 487. The molecule has 0 saturated carbocycles. The van der Waals surface area contributed by atoms with Crippen LogP contribution in [0.5, 0.6) is 0 Å². The van der Waals surface area contributed by atoms with Crippen LogP contribution in [0.4, 0.5) is 13.2 Å². The third kappa shape index (κ3) is 4.84. The van der Waals surface area contributed by atoms with E-state index in [1.807, 2.05) is 0 Å². The van der Waals surface area contributed by atoms with E-state index in [4.69, 9.17) is 9.47 Å². The van der Waals surface area contributed by atoms with E-state index >= 15 is 0 Å². The molecule has 1 heterocycles. The summed E-state index contributed by atoms with van der Waals surface area (Å²) in [5.74, 6) is -2.72. The van der Waals surface area contributed by atoms with E-state index < -0.39 is 30.1 Å². The van der Waals surface area contributed by atoms with Crippen molar-refractivity contribution in [2.24, 2.45) is 0 Å². The average Bonchev–Trinajstić information content (AvgIpc) is 2.53. The molecule has 0 amide bonds. The topological polar surface area (TPSA) is 85.3 Å². The molecule has 1 aliphatic rings. The molecule has 138 valence electrons. The molecule has 1 aliphatic heterocycles. The Hall–Kier alpha value is -1.81. The minimum absolute atomic E-state index is 0.0340. The number of halogens is 3. The molecule has 0 spiro atoms. The van der Waals surface area contributed by atoms with Gasteiger partial charge in [0.25, 0.3) is 5.60 Å². The monoisotopic (exact) mass is 355 g/mol. The fourth-order valence-corrected chi connectivity index (χ4v) is 2.14.